The van der Waals surface area contributed by atoms with Crippen LogP contribution in [-0.4, -0.2) is 29.8 Å². The standard InChI is InChI=1S/C20H21N3O2/c1-3-12-23(13-11-21)20(25)17-10-9-15(2)18(14-17)22-19(24)16-7-5-4-6-8-16/h4-10,14H,3,12-13H2,1-2H3,(H,22,24). The van der Waals surface area contributed by atoms with Gasteiger partial charge in [0.2, 0.25) is 0 Å². The smallest absolute Gasteiger partial charge is 0.255 e. The average Bonchev–Trinajstić information content (AvgIpc) is 2.63. The highest BCUT2D eigenvalue weighted by Crippen LogP contribution is 2.19. The number of aryl methyl sites for hydroxylation is 1. The van der Waals surface area contributed by atoms with E-state index in [1.165, 1.54) is 4.90 Å². The highest BCUT2D eigenvalue weighted by Gasteiger charge is 2.16. The van der Waals surface area contributed by atoms with Crippen molar-refractivity contribution in [1.29, 1.82) is 5.26 Å². The lowest BCUT2D eigenvalue weighted by molar-refractivity contribution is 0.0776. The third-order valence-electron chi connectivity index (χ3n) is 3.81. The van der Waals surface area contributed by atoms with E-state index in [9.17, 15) is 9.59 Å². The van der Waals surface area contributed by atoms with Gasteiger partial charge >= 0.3 is 0 Å². The fourth-order valence-corrected chi connectivity index (χ4v) is 2.46. The number of carbonyl (C=O) groups excluding carboxylic acids is 2. The average molecular weight is 335 g/mol. The lowest BCUT2D eigenvalue weighted by Crippen LogP contribution is -2.32. The molecule has 0 spiro atoms. The van der Waals surface area contributed by atoms with Crippen LogP contribution in [0.4, 0.5) is 5.69 Å². The number of carbonyl (C=O) groups is 2. The van der Waals surface area contributed by atoms with E-state index in [2.05, 4.69) is 5.32 Å². The van der Waals surface area contributed by atoms with Crippen molar-refractivity contribution in [2.75, 3.05) is 18.4 Å². The third-order valence-corrected chi connectivity index (χ3v) is 3.81. The van der Waals surface area contributed by atoms with E-state index >= 15 is 0 Å². The van der Waals surface area contributed by atoms with E-state index in [-0.39, 0.29) is 18.4 Å². The fraction of sp³-hybridized carbons (Fsp3) is 0.250. The van der Waals surface area contributed by atoms with Crippen molar-refractivity contribution in [2.45, 2.75) is 20.3 Å². The largest absolute Gasteiger partial charge is 0.325 e. The van der Waals surface area contributed by atoms with Gasteiger partial charge in [-0.3, -0.25) is 9.59 Å². The lowest BCUT2D eigenvalue weighted by atomic mass is 10.1. The molecule has 2 aromatic rings. The lowest BCUT2D eigenvalue weighted by Gasteiger charge is -2.19. The molecule has 1 N–H and O–H groups in total. The van der Waals surface area contributed by atoms with Crippen LogP contribution in [0.5, 0.6) is 0 Å². The number of nitrogens with one attached hydrogen (secondary N) is 1. The number of hydrogen-bond donors (Lipinski definition) is 1. The number of hydrogen-bond acceptors (Lipinski definition) is 3. The molecule has 2 aromatic carbocycles. The normalized spacial score (nSPS) is 9.96. The van der Waals surface area contributed by atoms with Crippen molar-refractivity contribution in [2.24, 2.45) is 0 Å². The molecule has 2 rings (SSSR count). The van der Waals surface area contributed by atoms with Crippen molar-refractivity contribution < 1.29 is 9.59 Å². The molecule has 0 fully saturated rings. The van der Waals surface area contributed by atoms with Gasteiger partial charge in [-0.2, -0.15) is 5.26 Å². The number of benzene rings is 2. The molecule has 0 bridgehead atoms. The van der Waals surface area contributed by atoms with Crippen LogP contribution in [0.15, 0.2) is 48.5 Å². The Morgan fingerprint density at radius 3 is 2.48 bits per heavy atom. The van der Waals surface area contributed by atoms with Crippen LogP contribution >= 0.6 is 0 Å². The molecular weight excluding hydrogens is 314 g/mol. The van der Waals surface area contributed by atoms with Crippen molar-refractivity contribution in [3.63, 3.8) is 0 Å². The summed E-state index contributed by atoms with van der Waals surface area (Å²) in [5, 5.41) is 11.8. The minimum atomic E-state index is -0.226. The van der Waals surface area contributed by atoms with Gasteiger partial charge in [0.1, 0.15) is 6.54 Å². The number of nitrogens with zero attached hydrogens (tertiary/aromatic N) is 2. The van der Waals surface area contributed by atoms with Crippen molar-refractivity contribution in [3.8, 4) is 6.07 Å². The highest BCUT2D eigenvalue weighted by molar-refractivity contribution is 6.05. The second-order valence-corrected chi connectivity index (χ2v) is 5.73. The van der Waals surface area contributed by atoms with Crippen LogP contribution in [0.3, 0.4) is 0 Å². The van der Waals surface area contributed by atoms with Gasteiger partial charge in [-0.1, -0.05) is 31.2 Å². The maximum Gasteiger partial charge on any atom is 0.255 e. The topological polar surface area (TPSA) is 73.2 Å². The monoisotopic (exact) mass is 335 g/mol. The number of amides is 2. The Bertz CT molecular complexity index is 794. The molecule has 0 radical (unpaired) electrons. The highest BCUT2D eigenvalue weighted by atomic mass is 16.2. The van der Waals surface area contributed by atoms with Gasteiger partial charge in [-0.15, -0.1) is 0 Å². The van der Waals surface area contributed by atoms with Crippen molar-refractivity contribution in [1.82, 2.24) is 4.90 Å². The zero-order valence-corrected chi connectivity index (χ0v) is 14.5. The molecule has 0 unspecified atom stereocenters. The summed E-state index contributed by atoms with van der Waals surface area (Å²) in [6.45, 7) is 4.39. The molecule has 128 valence electrons. The second kappa shape index (κ2) is 8.65. The van der Waals surface area contributed by atoms with Crippen LogP contribution in [0.1, 0.15) is 39.6 Å². The maximum absolute atomic E-state index is 12.6. The Morgan fingerprint density at radius 2 is 1.84 bits per heavy atom. The zero-order chi connectivity index (χ0) is 18.2. The molecule has 0 aliphatic heterocycles. The molecule has 25 heavy (non-hydrogen) atoms. The van der Waals surface area contributed by atoms with Crippen LogP contribution in [0, 0.1) is 18.3 Å². The Kier molecular flexibility index (Phi) is 6.30. The summed E-state index contributed by atoms with van der Waals surface area (Å²) in [4.78, 5) is 26.5. The van der Waals surface area contributed by atoms with E-state index in [0.29, 0.717) is 23.4 Å². The van der Waals surface area contributed by atoms with E-state index in [0.717, 1.165) is 12.0 Å². The summed E-state index contributed by atoms with van der Waals surface area (Å²) < 4.78 is 0. The van der Waals surface area contributed by atoms with Gasteiger partial charge in [-0.25, -0.2) is 0 Å². The molecular formula is C20H21N3O2. The Morgan fingerprint density at radius 1 is 1.12 bits per heavy atom. The Balaban J connectivity index is 2.23. The van der Waals surface area contributed by atoms with E-state index in [1.807, 2.05) is 26.0 Å². The quantitative estimate of drug-likeness (QED) is 0.819. The molecule has 0 aliphatic carbocycles. The number of rotatable bonds is 6. The fourth-order valence-electron chi connectivity index (χ4n) is 2.46. The molecule has 0 aromatic heterocycles. The summed E-state index contributed by atoms with van der Waals surface area (Å²) >= 11 is 0. The first-order valence-corrected chi connectivity index (χ1v) is 8.20. The summed E-state index contributed by atoms with van der Waals surface area (Å²) in [5.74, 6) is -0.436. The van der Waals surface area contributed by atoms with Crippen LogP contribution in [0.2, 0.25) is 0 Å². The SMILES string of the molecule is CCCN(CC#N)C(=O)c1ccc(C)c(NC(=O)c2ccccc2)c1. The predicted octanol–water partition coefficient (Wildman–Crippen LogP) is 3.62. The molecule has 0 heterocycles. The molecule has 0 saturated carbocycles. The van der Waals surface area contributed by atoms with Gasteiger partial charge < -0.3 is 10.2 Å². The third kappa shape index (κ3) is 4.67. The van der Waals surface area contributed by atoms with Crippen LogP contribution < -0.4 is 5.32 Å². The van der Waals surface area contributed by atoms with E-state index < -0.39 is 0 Å². The first kappa shape index (κ1) is 18.2. The van der Waals surface area contributed by atoms with Gasteiger partial charge in [0.25, 0.3) is 11.8 Å². The van der Waals surface area contributed by atoms with Gasteiger partial charge in [0.15, 0.2) is 0 Å². The van der Waals surface area contributed by atoms with Crippen molar-refractivity contribution in [3.05, 3.63) is 65.2 Å². The van der Waals surface area contributed by atoms with Crippen molar-refractivity contribution >= 4 is 17.5 Å². The summed E-state index contributed by atoms with van der Waals surface area (Å²) in [7, 11) is 0. The summed E-state index contributed by atoms with van der Waals surface area (Å²) in [6.07, 6.45) is 0.775. The minimum absolute atomic E-state index is 0.0479. The van der Waals surface area contributed by atoms with Crippen LogP contribution in [-0.2, 0) is 0 Å². The zero-order valence-electron chi connectivity index (χ0n) is 14.5. The van der Waals surface area contributed by atoms with E-state index in [1.54, 1.807) is 42.5 Å². The first-order valence-electron chi connectivity index (χ1n) is 8.20. The summed E-state index contributed by atoms with van der Waals surface area (Å²) in [6, 6.07) is 16.1. The Labute approximate surface area is 147 Å². The van der Waals surface area contributed by atoms with Crippen LogP contribution in [0.25, 0.3) is 0 Å². The molecule has 0 atom stereocenters. The first-order chi connectivity index (χ1) is 12.1. The van der Waals surface area contributed by atoms with Gasteiger partial charge in [0.05, 0.1) is 6.07 Å². The number of anilines is 1. The summed E-state index contributed by atoms with van der Waals surface area (Å²) in [5.41, 5.74) is 2.46. The second-order valence-electron chi connectivity index (χ2n) is 5.73. The molecule has 5 heteroatoms. The Hall–Kier alpha value is -3.13. The predicted molar refractivity (Wildman–Crippen MR) is 97.4 cm³/mol. The molecule has 0 saturated heterocycles. The molecule has 5 nitrogen and oxygen atoms in total. The minimum Gasteiger partial charge on any atom is -0.325 e. The van der Waals surface area contributed by atoms with Gasteiger partial charge in [0, 0.05) is 23.4 Å². The van der Waals surface area contributed by atoms with Gasteiger partial charge in [-0.05, 0) is 43.2 Å². The van der Waals surface area contributed by atoms with E-state index in [4.69, 9.17) is 5.26 Å². The molecule has 2 amide bonds. The maximum atomic E-state index is 12.6. The molecule has 0 aliphatic rings. The number of nitriles is 1.